The maximum atomic E-state index is 12.1. The zero-order chi connectivity index (χ0) is 18.4. The van der Waals surface area contributed by atoms with Crippen LogP contribution in [0.3, 0.4) is 0 Å². The molecule has 2 heterocycles. The fourth-order valence-corrected chi connectivity index (χ4v) is 3.04. The number of nitrogens with zero attached hydrogens (tertiary/aromatic N) is 2. The van der Waals surface area contributed by atoms with Gasteiger partial charge in [-0.15, -0.1) is 11.3 Å². The minimum Gasteiger partial charge on any atom is -0.381 e. The van der Waals surface area contributed by atoms with Gasteiger partial charge in [-0.05, 0) is 48.2 Å². The number of hydrogen-bond acceptors (Lipinski definition) is 5. The van der Waals surface area contributed by atoms with E-state index in [1.165, 1.54) is 11.3 Å². The largest absolute Gasteiger partial charge is 0.381 e. The number of nitrogens with one attached hydrogen (secondary N) is 2. The summed E-state index contributed by atoms with van der Waals surface area (Å²) >= 11 is 1.43. The number of amides is 1. The van der Waals surface area contributed by atoms with Gasteiger partial charge in [0.2, 0.25) is 0 Å². The van der Waals surface area contributed by atoms with Crippen molar-refractivity contribution < 1.29 is 4.79 Å². The molecular weight excluding hydrogens is 344 g/mol. The van der Waals surface area contributed by atoms with Crippen LogP contribution in [0.5, 0.6) is 0 Å². The van der Waals surface area contributed by atoms with Crippen molar-refractivity contribution in [2.75, 3.05) is 29.1 Å². The quantitative estimate of drug-likeness (QED) is 0.648. The molecule has 2 aromatic heterocycles. The van der Waals surface area contributed by atoms with Crippen molar-refractivity contribution in [3.63, 3.8) is 0 Å². The molecule has 0 bridgehead atoms. The van der Waals surface area contributed by atoms with Crippen LogP contribution in [0.1, 0.15) is 22.2 Å². The maximum Gasteiger partial charge on any atom is 0.265 e. The average molecular weight is 366 g/mol. The van der Waals surface area contributed by atoms with E-state index in [0.29, 0.717) is 11.4 Å². The molecule has 5 nitrogen and oxygen atoms in total. The number of benzene rings is 1. The van der Waals surface area contributed by atoms with Crippen molar-refractivity contribution in [1.82, 2.24) is 4.98 Å². The van der Waals surface area contributed by atoms with Crippen molar-refractivity contribution in [3.8, 4) is 0 Å². The summed E-state index contributed by atoms with van der Waals surface area (Å²) in [5, 5.41) is 8.19. The molecule has 0 aliphatic rings. The van der Waals surface area contributed by atoms with E-state index in [1.54, 1.807) is 0 Å². The molecule has 1 aromatic carbocycles. The van der Waals surface area contributed by atoms with Crippen molar-refractivity contribution in [2.45, 2.75) is 13.5 Å². The Kier molecular flexibility index (Phi) is 5.86. The fourth-order valence-electron chi connectivity index (χ4n) is 2.42. The third-order valence-corrected chi connectivity index (χ3v) is 4.91. The molecule has 0 saturated heterocycles. The Morgan fingerprint density at radius 1 is 1.15 bits per heavy atom. The van der Waals surface area contributed by atoms with Crippen LogP contribution in [0, 0.1) is 0 Å². The molecule has 0 aliphatic heterocycles. The molecule has 3 rings (SSSR count). The van der Waals surface area contributed by atoms with Crippen molar-refractivity contribution in [3.05, 3.63) is 70.5 Å². The molecule has 26 heavy (non-hydrogen) atoms. The van der Waals surface area contributed by atoms with E-state index in [2.05, 4.69) is 33.5 Å². The normalized spacial score (nSPS) is 10.4. The molecule has 0 fully saturated rings. The lowest BCUT2D eigenvalue weighted by molar-refractivity contribution is 0.103. The molecule has 0 atom stereocenters. The van der Waals surface area contributed by atoms with E-state index >= 15 is 0 Å². The monoisotopic (exact) mass is 366 g/mol. The smallest absolute Gasteiger partial charge is 0.265 e. The third kappa shape index (κ3) is 4.61. The minimum absolute atomic E-state index is 0.0861. The summed E-state index contributed by atoms with van der Waals surface area (Å²) in [6, 6.07) is 15.5. The second-order valence-electron chi connectivity index (χ2n) is 5.90. The van der Waals surface area contributed by atoms with Gasteiger partial charge in [0.25, 0.3) is 5.91 Å². The average Bonchev–Trinajstić information content (AvgIpc) is 3.21. The summed E-state index contributed by atoms with van der Waals surface area (Å²) < 4.78 is 0. The van der Waals surface area contributed by atoms with Crippen LogP contribution in [0.4, 0.5) is 17.2 Å². The highest BCUT2D eigenvalue weighted by Gasteiger charge is 2.07. The number of carbonyl (C=O) groups is 1. The zero-order valence-electron chi connectivity index (χ0n) is 14.9. The Morgan fingerprint density at radius 3 is 2.69 bits per heavy atom. The summed E-state index contributed by atoms with van der Waals surface area (Å²) in [6.07, 6.45) is 1.89. The summed E-state index contributed by atoms with van der Waals surface area (Å²) in [7, 11) is 2.02. The predicted molar refractivity (Wildman–Crippen MR) is 109 cm³/mol. The molecule has 0 saturated carbocycles. The second-order valence-corrected chi connectivity index (χ2v) is 6.85. The van der Waals surface area contributed by atoms with Gasteiger partial charge < -0.3 is 15.5 Å². The van der Waals surface area contributed by atoms with Crippen LogP contribution in [-0.4, -0.2) is 24.5 Å². The van der Waals surface area contributed by atoms with E-state index in [0.717, 1.165) is 29.3 Å². The highest BCUT2D eigenvalue weighted by molar-refractivity contribution is 7.12. The molecule has 0 aliphatic carbocycles. The predicted octanol–water partition coefficient (Wildman–Crippen LogP) is 4.46. The highest BCUT2D eigenvalue weighted by atomic mass is 32.1. The van der Waals surface area contributed by atoms with E-state index in [9.17, 15) is 4.79 Å². The number of hydrogen-bond donors (Lipinski definition) is 2. The molecule has 0 spiro atoms. The molecule has 0 radical (unpaired) electrons. The summed E-state index contributed by atoms with van der Waals surface area (Å²) in [6.45, 7) is 3.70. The first-order valence-corrected chi connectivity index (χ1v) is 9.38. The maximum absolute atomic E-state index is 12.1. The molecule has 0 unspecified atom stereocenters. The van der Waals surface area contributed by atoms with E-state index in [4.69, 9.17) is 0 Å². The van der Waals surface area contributed by atoms with Gasteiger partial charge in [0, 0.05) is 37.7 Å². The third-order valence-electron chi connectivity index (χ3n) is 4.04. The highest BCUT2D eigenvalue weighted by Crippen LogP contribution is 2.18. The lowest BCUT2D eigenvalue weighted by Crippen LogP contribution is -2.17. The summed E-state index contributed by atoms with van der Waals surface area (Å²) in [5.74, 6) is 0.881. The number of pyridine rings is 1. The van der Waals surface area contributed by atoms with Crippen LogP contribution >= 0.6 is 11.3 Å². The number of carbonyl (C=O) groups excluding carboxylic acids is 1. The lowest BCUT2D eigenvalue weighted by atomic mass is 10.2. The van der Waals surface area contributed by atoms with Gasteiger partial charge in [-0.3, -0.25) is 4.79 Å². The second kappa shape index (κ2) is 8.49. The van der Waals surface area contributed by atoms with Crippen LogP contribution in [0.15, 0.2) is 60.1 Å². The van der Waals surface area contributed by atoms with E-state index < -0.39 is 0 Å². The van der Waals surface area contributed by atoms with Gasteiger partial charge in [-0.25, -0.2) is 4.98 Å². The molecule has 1 amide bonds. The first kappa shape index (κ1) is 17.9. The SMILES string of the molecule is CCN(C)c1ccc(CNc2cccc(NC(=O)c3cccs3)c2)cn1. The number of aromatic nitrogens is 1. The molecule has 134 valence electrons. The summed E-state index contributed by atoms with van der Waals surface area (Å²) in [5.41, 5.74) is 2.82. The molecule has 3 aromatic rings. The van der Waals surface area contributed by atoms with Crippen LogP contribution in [0.2, 0.25) is 0 Å². The standard InChI is InChI=1S/C20H22N4OS/c1-3-24(2)19-10-9-15(14-22-19)13-21-16-6-4-7-17(12-16)23-20(25)18-8-5-11-26-18/h4-12,14,21H,3,13H2,1-2H3,(H,23,25). The topological polar surface area (TPSA) is 57.3 Å². The van der Waals surface area contributed by atoms with Gasteiger partial charge >= 0.3 is 0 Å². The first-order valence-electron chi connectivity index (χ1n) is 8.50. The van der Waals surface area contributed by atoms with Crippen molar-refractivity contribution in [2.24, 2.45) is 0 Å². The van der Waals surface area contributed by atoms with E-state index in [-0.39, 0.29) is 5.91 Å². The zero-order valence-corrected chi connectivity index (χ0v) is 15.7. The Bertz CT molecular complexity index is 847. The lowest BCUT2D eigenvalue weighted by Gasteiger charge is -2.15. The minimum atomic E-state index is -0.0861. The van der Waals surface area contributed by atoms with Crippen LogP contribution in [-0.2, 0) is 6.54 Å². The van der Waals surface area contributed by atoms with E-state index in [1.807, 2.05) is 61.1 Å². The number of rotatable bonds is 7. The van der Waals surface area contributed by atoms with Gasteiger partial charge in [-0.2, -0.15) is 0 Å². The van der Waals surface area contributed by atoms with Gasteiger partial charge in [0.1, 0.15) is 5.82 Å². The van der Waals surface area contributed by atoms with Gasteiger partial charge in [-0.1, -0.05) is 18.2 Å². The first-order chi connectivity index (χ1) is 12.7. The van der Waals surface area contributed by atoms with Gasteiger partial charge in [0.15, 0.2) is 0 Å². The van der Waals surface area contributed by atoms with Crippen LogP contribution in [0.25, 0.3) is 0 Å². The molecule has 2 N–H and O–H groups in total. The molecular formula is C20H22N4OS. The summed E-state index contributed by atoms with van der Waals surface area (Å²) in [4.78, 5) is 19.4. The fraction of sp³-hybridized carbons (Fsp3) is 0.200. The van der Waals surface area contributed by atoms with Crippen molar-refractivity contribution in [1.29, 1.82) is 0 Å². The number of anilines is 3. The Labute approximate surface area is 157 Å². The van der Waals surface area contributed by atoms with Gasteiger partial charge in [0.05, 0.1) is 4.88 Å². The van der Waals surface area contributed by atoms with Crippen molar-refractivity contribution >= 4 is 34.4 Å². The number of thiophene rings is 1. The Balaban J connectivity index is 1.59. The molecule has 6 heteroatoms. The Hall–Kier alpha value is -2.86. The Morgan fingerprint density at radius 2 is 2.00 bits per heavy atom. The van der Waals surface area contributed by atoms with Crippen LogP contribution < -0.4 is 15.5 Å².